The number of halogens is 1. The van der Waals surface area contributed by atoms with Crippen LogP contribution in [-0.4, -0.2) is 25.2 Å². The molecular weight excluding hydrogens is 264 g/mol. The maximum Gasteiger partial charge on any atom is 0.0470 e. The van der Waals surface area contributed by atoms with Crippen molar-refractivity contribution >= 4 is 21.6 Å². The Hall–Kier alpha value is -0.540. The van der Waals surface area contributed by atoms with Gasteiger partial charge in [0.25, 0.3) is 0 Å². The van der Waals surface area contributed by atoms with Gasteiger partial charge in [0, 0.05) is 28.8 Å². The summed E-state index contributed by atoms with van der Waals surface area (Å²) in [5.74, 6) is 0. The third-order valence-electron chi connectivity index (χ3n) is 3.14. The van der Waals surface area contributed by atoms with Crippen LogP contribution in [0.1, 0.15) is 20.3 Å². The summed E-state index contributed by atoms with van der Waals surface area (Å²) in [6.45, 7) is 7.88. The summed E-state index contributed by atoms with van der Waals surface area (Å²) in [5, 5.41) is 3.50. The van der Waals surface area contributed by atoms with Crippen LogP contribution in [0.5, 0.6) is 0 Å². The van der Waals surface area contributed by atoms with Crippen molar-refractivity contribution in [3.05, 3.63) is 28.7 Å². The van der Waals surface area contributed by atoms with Gasteiger partial charge in [-0.2, -0.15) is 0 Å². The molecule has 88 valence electrons. The van der Waals surface area contributed by atoms with Gasteiger partial charge in [-0.3, -0.25) is 0 Å². The molecule has 0 amide bonds. The van der Waals surface area contributed by atoms with E-state index in [-0.39, 0.29) is 5.54 Å². The van der Waals surface area contributed by atoms with E-state index < -0.39 is 0 Å². The fourth-order valence-electron chi connectivity index (χ4n) is 2.28. The van der Waals surface area contributed by atoms with Crippen LogP contribution in [0.25, 0.3) is 0 Å². The van der Waals surface area contributed by atoms with Crippen LogP contribution in [0.3, 0.4) is 0 Å². The van der Waals surface area contributed by atoms with E-state index in [0.717, 1.165) is 24.1 Å². The molecule has 1 aromatic rings. The summed E-state index contributed by atoms with van der Waals surface area (Å²) in [7, 11) is 0. The predicted octanol–water partition coefficient (Wildman–Crippen LogP) is 3.03. The highest BCUT2D eigenvalue weighted by molar-refractivity contribution is 9.10. The first-order valence-electron chi connectivity index (χ1n) is 5.83. The molecule has 2 rings (SSSR count). The Morgan fingerprint density at radius 2 is 2.19 bits per heavy atom. The lowest BCUT2D eigenvalue weighted by atomic mass is 10.0. The van der Waals surface area contributed by atoms with Crippen LogP contribution < -0.4 is 10.2 Å². The lowest BCUT2D eigenvalue weighted by molar-refractivity contribution is 0.462. The monoisotopic (exact) mass is 282 g/mol. The zero-order valence-electron chi connectivity index (χ0n) is 9.96. The molecule has 0 bridgehead atoms. The molecular formula is C13H19BrN2. The van der Waals surface area contributed by atoms with E-state index in [1.807, 2.05) is 0 Å². The molecule has 0 unspecified atom stereocenters. The molecule has 0 saturated carbocycles. The Labute approximate surface area is 106 Å². The standard InChI is InChI=1S/C13H19BrN2/c1-13(2)10-15-7-4-8-16(13)12-6-3-5-11(14)9-12/h3,5-6,9,15H,4,7-8,10H2,1-2H3. The summed E-state index contributed by atoms with van der Waals surface area (Å²) >= 11 is 3.54. The quantitative estimate of drug-likeness (QED) is 0.852. The minimum atomic E-state index is 0.178. The molecule has 1 fully saturated rings. The van der Waals surface area contributed by atoms with Crippen LogP contribution in [0.15, 0.2) is 28.7 Å². The lowest BCUT2D eigenvalue weighted by Gasteiger charge is -2.39. The van der Waals surface area contributed by atoms with Gasteiger partial charge in [-0.15, -0.1) is 0 Å². The third-order valence-corrected chi connectivity index (χ3v) is 3.64. The number of anilines is 1. The molecule has 0 aliphatic carbocycles. The molecule has 1 aliphatic rings. The van der Waals surface area contributed by atoms with Gasteiger partial charge in [0.2, 0.25) is 0 Å². The molecule has 3 heteroatoms. The van der Waals surface area contributed by atoms with E-state index in [2.05, 4.69) is 64.3 Å². The van der Waals surface area contributed by atoms with Crippen molar-refractivity contribution in [1.82, 2.24) is 5.32 Å². The van der Waals surface area contributed by atoms with E-state index in [0.29, 0.717) is 0 Å². The summed E-state index contributed by atoms with van der Waals surface area (Å²) < 4.78 is 1.15. The zero-order chi connectivity index (χ0) is 11.6. The predicted molar refractivity (Wildman–Crippen MR) is 73.1 cm³/mol. The first-order chi connectivity index (χ1) is 7.59. The molecule has 1 heterocycles. The number of hydrogen-bond acceptors (Lipinski definition) is 2. The maximum absolute atomic E-state index is 3.54. The fraction of sp³-hybridized carbons (Fsp3) is 0.538. The molecule has 0 aromatic heterocycles. The van der Waals surface area contributed by atoms with E-state index in [9.17, 15) is 0 Å². The molecule has 1 N–H and O–H groups in total. The number of benzene rings is 1. The zero-order valence-corrected chi connectivity index (χ0v) is 11.5. The Balaban J connectivity index is 2.29. The van der Waals surface area contributed by atoms with Crippen LogP contribution in [0.2, 0.25) is 0 Å². The Kier molecular flexibility index (Phi) is 3.55. The average molecular weight is 283 g/mol. The Morgan fingerprint density at radius 3 is 2.94 bits per heavy atom. The number of nitrogens with one attached hydrogen (secondary N) is 1. The summed E-state index contributed by atoms with van der Waals surface area (Å²) in [6, 6.07) is 8.57. The van der Waals surface area contributed by atoms with Gasteiger partial charge in [0.15, 0.2) is 0 Å². The molecule has 0 atom stereocenters. The van der Waals surface area contributed by atoms with E-state index in [4.69, 9.17) is 0 Å². The molecule has 16 heavy (non-hydrogen) atoms. The average Bonchev–Trinajstić information content (AvgIpc) is 2.39. The largest absolute Gasteiger partial charge is 0.365 e. The van der Waals surface area contributed by atoms with Crippen LogP contribution in [0, 0.1) is 0 Å². The highest BCUT2D eigenvalue weighted by Crippen LogP contribution is 2.27. The van der Waals surface area contributed by atoms with Crippen molar-refractivity contribution in [2.45, 2.75) is 25.8 Å². The van der Waals surface area contributed by atoms with E-state index in [1.165, 1.54) is 12.1 Å². The first-order valence-corrected chi connectivity index (χ1v) is 6.63. The number of nitrogens with zero attached hydrogens (tertiary/aromatic N) is 1. The van der Waals surface area contributed by atoms with Gasteiger partial charge in [-0.1, -0.05) is 22.0 Å². The second-order valence-electron chi connectivity index (χ2n) is 4.97. The van der Waals surface area contributed by atoms with Gasteiger partial charge in [0.1, 0.15) is 0 Å². The molecule has 1 aliphatic heterocycles. The van der Waals surface area contributed by atoms with Gasteiger partial charge >= 0.3 is 0 Å². The second kappa shape index (κ2) is 4.76. The van der Waals surface area contributed by atoms with Crippen molar-refractivity contribution in [1.29, 1.82) is 0 Å². The van der Waals surface area contributed by atoms with Crippen molar-refractivity contribution < 1.29 is 0 Å². The van der Waals surface area contributed by atoms with Crippen LogP contribution in [0.4, 0.5) is 5.69 Å². The van der Waals surface area contributed by atoms with Crippen molar-refractivity contribution in [2.24, 2.45) is 0 Å². The summed E-state index contributed by atoms with van der Waals surface area (Å²) in [6.07, 6.45) is 1.20. The van der Waals surface area contributed by atoms with Crippen LogP contribution in [-0.2, 0) is 0 Å². The van der Waals surface area contributed by atoms with Crippen molar-refractivity contribution in [3.8, 4) is 0 Å². The molecule has 0 spiro atoms. The third kappa shape index (κ3) is 2.58. The van der Waals surface area contributed by atoms with E-state index >= 15 is 0 Å². The Morgan fingerprint density at radius 1 is 1.38 bits per heavy atom. The molecule has 0 radical (unpaired) electrons. The van der Waals surface area contributed by atoms with Crippen LogP contribution >= 0.6 is 15.9 Å². The molecule has 1 aromatic carbocycles. The van der Waals surface area contributed by atoms with Gasteiger partial charge in [-0.05, 0) is 45.0 Å². The minimum Gasteiger partial charge on any atom is -0.365 e. The topological polar surface area (TPSA) is 15.3 Å². The lowest BCUT2D eigenvalue weighted by Crippen LogP contribution is -2.48. The summed E-state index contributed by atoms with van der Waals surface area (Å²) in [5.41, 5.74) is 1.49. The minimum absolute atomic E-state index is 0.178. The second-order valence-corrected chi connectivity index (χ2v) is 5.89. The SMILES string of the molecule is CC1(C)CNCCCN1c1cccc(Br)c1. The number of hydrogen-bond donors (Lipinski definition) is 1. The Bertz CT molecular complexity index is 363. The molecule has 2 nitrogen and oxygen atoms in total. The smallest absolute Gasteiger partial charge is 0.0470 e. The highest BCUT2D eigenvalue weighted by atomic mass is 79.9. The number of rotatable bonds is 1. The normalized spacial score (nSPS) is 20.6. The van der Waals surface area contributed by atoms with Crippen molar-refractivity contribution in [3.63, 3.8) is 0 Å². The van der Waals surface area contributed by atoms with Gasteiger partial charge < -0.3 is 10.2 Å². The van der Waals surface area contributed by atoms with E-state index in [1.54, 1.807) is 0 Å². The van der Waals surface area contributed by atoms with Crippen molar-refractivity contribution in [2.75, 3.05) is 24.5 Å². The highest BCUT2D eigenvalue weighted by Gasteiger charge is 2.28. The van der Waals surface area contributed by atoms with Gasteiger partial charge in [0.05, 0.1) is 0 Å². The first kappa shape index (κ1) is 11.9. The fourth-order valence-corrected chi connectivity index (χ4v) is 2.66. The van der Waals surface area contributed by atoms with Gasteiger partial charge in [-0.25, -0.2) is 0 Å². The molecule has 1 saturated heterocycles. The summed E-state index contributed by atoms with van der Waals surface area (Å²) in [4.78, 5) is 2.50. The maximum atomic E-state index is 3.54.